The van der Waals surface area contributed by atoms with Crippen molar-refractivity contribution in [2.24, 2.45) is 5.10 Å². The second-order valence-electron chi connectivity index (χ2n) is 6.85. The van der Waals surface area contributed by atoms with E-state index in [0.29, 0.717) is 5.95 Å². The molecule has 1 aliphatic heterocycles. The lowest BCUT2D eigenvalue weighted by Crippen LogP contribution is -3.12. The number of methoxy groups -OCH3 is 1. The average Bonchev–Trinajstić information content (AvgIpc) is 2.66. The minimum Gasteiger partial charge on any atom is -0.496 e. The molecule has 0 radical (unpaired) electrons. The number of morpholine rings is 1. The average molecular weight is 370 g/mol. The van der Waals surface area contributed by atoms with E-state index in [1.165, 1.54) is 10.5 Å². The van der Waals surface area contributed by atoms with Gasteiger partial charge in [0, 0.05) is 17.0 Å². The lowest BCUT2D eigenvalue weighted by atomic mass is 10.1. The Morgan fingerprint density at radius 2 is 1.89 bits per heavy atom. The fourth-order valence-corrected chi connectivity index (χ4v) is 3.22. The van der Waals surface area contributed by atoms with Gasteiger partial charge in [-0.15, -0.1) is 0 Å². The first-order valence-corrected chi connectivity index (χ1v) is 9.26. The Labute approximate surface area is 160 Å². The zero-order chi connectivity index (χ0) is 19.2. The van der Waals surface area contributed by atoms with E-state index in [9.17, 15) is 0 Å². The lowest BCUT2D eigenvalue weighted by Gasteiger charge is -2.24. The molecule has 1 saturated heterocycles. The number of hydrogen-bond donors (Lipinski definition) is 2. The number of nitrogens with zero attached hydrogens (tertiary/aromatic N) is 3. The van der Waals surface area contributed by atoms with E-state index in [-0.39, 0.29) is 0 Å². The summed E-state index contributed by atoms with van der Waals surface area (Å²) in [4.78, 5) is 10.2. The maximum atomic E-state index is 5.56. The van der Waals surface area contributed by atoms with Crippen LogP contribution in [0.25, 0.3) is 0 Å². The van der Waals surface area contributed by atoms with Gasteiger partial charge in [0.15, 0.2) is 0 Å². The maximum absolute atomic E-state index is 5.56. The van der Waals surface area contributed by atoms with Gasteiger partial charge in [-0.3, -0.25) is 0 Å². The van der Waals surface area contributed by atoms with E-state index in [1.54, 1.807) is 7.11 Å². The van der Waals surface area contributed by atoms with E-state index >= 15 is 0 Å². The van der Waals surface area contributed by atoms with Gasteiger partial charge in [-0.05, 0) is 50.6 Å². The summed E-state index contributed by atoms with van der Waals surface area (Å²) < 4.78 is 11.0. The Hall–Kier alpha value is -2.51. The number of hydrazone groups is 1. The zero-order valence-electron chi connectivity index (χ0n) is 16.5. The molecule has 0 bridgehead atoms. The van der Waals surface area contributed by atoms with Crippen LogP contribution in [0.15, 0.2) is 29.4 Å². The highest BCUT2D eigenvalue weighted by Gasteiger charge is 2.17. The zero-order valence-corrected chi connectivity index (χ0v) is 16.5. The van der Waals surface area contributed by atoms with Crippen LogP contribution in [0.5, 0.6) is 5.75 Å². The van der Waals surface area contributed by atoms with Crippen LogP contribution >= 0.6 is 0 Å². The largest absolute Gasteiger partial charge is 0.496 e. The number of anilines is 1. The number of aromatic nitrogens is 2. The van der Waals surface area contributed by atoms with Gasteiger partial charge in [0.1, 0.15) is 25.4 Å². The molecule has 1 fully saturated rings. The molecule has 1 aromatic carbocycles. The number of rotatable bonds is 6. The number of hydrogen-bond acceptors (Lipinski definition) is 6. The van der Waals surface area contributed by atoms with Gasteiger partial charge >= 0.3 is 0 Å². The monoisotopic (exact) mass is 370 g/mol. The molecule has 7 nitrogen and oxygen atoms in total. The van der Waals surface area contributed by atoms with Crippen molar-refractivity contribution in [3.63, 3.8) is 0 Å². The summed E-state index contributed by atoms with van der Waals surface area (Å²) in [6.07, 6.45) is 0. The van der Waals surface area contributed by atoms with Gasteiger partial charge in [0.2, 0.25) is 5.95 Å². The summed E-state index contributed by atoms with van der Waals surface area (Å²) in [5.74, 6) is 1.43. The summed E-state index contributed by atoms with van der Waals surface area (Å²) in [5, 5.41) is 4.46. The summed E-state index contributed by atoms with van der Waals surface area (Å²) in [6.45, 7) is 10.5. The van der Waals surface area contributed by atoms with E-state index in [2.05, 4.69) is 26.6 Å². The first-order chi connectivity index (χ1) is 13.0. The van der Waals surface area contributed by atoms with Gasteiger partial charge in [-0.25, -0.2) is 15.4 Å². The summed E-state index contributed by atoms with van der Waals surface area (Å²) in [5.41, 5.74) is 7.91. The second kappa shape index (κ2) is 8.92. The van der Waals surface area contributed by atoms with Gasteiger partial charge in [-0.1, -0.05) is 0 Å². The molecular formula is C20H28N5O2+. The van der Waals surface area contributed by atoms with E-state index in [4.69, 9.17) is 9.47 Å². The third kappa shape index (κ3) is 5.24. The first-order valence-electron chi connectivity index (χ1n) is 9.26. The van der Waals surface area contributed by atoms with Gasteiger partial charge in [-0.2, -0.15) is 5.10 Å². The Bertz CT molecular complexity index is 796. The fraction of sp³-hybridized carbons (Fsp3) is 0.450. The standard InChI is InChI=1S/C20H27N5O2/c1-14-11-15(2)22-20(21-14)24-23-16(3)17-5-6-19(26-4)18(12-17)13-25-7-9-27-10-8-25/h5-6,11-12H,7-10,13H2,1-4H3,(H,21,22,24)/p+1/b23-16-. The molecule has 0 unspecified atom stereocenters. The number of benzene rings is 1. The van der Waals surface area contributed by atoms with Crippen LogP contribution in [0.3, 0.4) is 0 Å². The molecule has 1 aliphatic rings. The van der Waals surface area contributed by atoms with Crippen molar-refractivity contribution in [3.05, 3.63) is 46.8 Å². The van der Waals surface area contributed by atoms with E-state index in [1.807, 2.05) is 39.0 Å². The second-order valence-corrected chi connectivity index (χ2v) is 6.85. The molecule has 1 aromatic heterocycles. The molecule has 2 N–H and O–H groups in total. The maximum Gasteiger partial charge on any atom is 0.243 e. The molecule has 0 amide bonds. The highest BCUT2D eigenvalue weighted by molar-refractivity contribution is 5.99. The summed E-state index contributed by atoms with van der Waals surface area (Å²) in [6, 6.07) is 8.13. The number of quaternary nitrogens is 1. The Balaban J connectivity index is 1.77. The van der Waals surface area contributed by atoms with Crippen molar-refractivity contribution in [3.8, 4) is 5.75 Å². The Kier molecular flexibility index (Phi) is 6.36. The minimum atomic E-state index is 0.512. The van der Waals surface area contributed by atoms with Crippen molar-refractivity contribution < 1.29 is 14.4 Å². The topological polar surface area (TPSA) is 73.1 Å². The fourth-order valence-electron chi connectivity index (χ4n) is 3.22. The Morgan fingerprint density at radius 3 is 2.56 bits per heavy atom. The smallest absolute Gasteiger partial charge is 0.243 e. The highest BCUT2D eigenvalue weighted by atomic mass is 16.5. The van der Waals surface area contributed by atoms with Crippen LogP contribution in [0.2, 0.25) is 0 Å². The van der Waals surface area contributed by atoms with E-state index < -0.39 is 0 Å². The predicted molar refractivity (Wildman–Crippen MR) is 106 cm³/mol. The van der Waals surface area contributed by atoms with Gasteiger partial charge in [0.25, 0.3) is 0 Å². The van der Waals surface area contributed by atoms with Crippen LogP contribution in [0.1, 0.15) is 29.4 Å². The van der Waals surface area contributed by atoms with Crippen molar-refractivity contribution in [1.29, 1.82) is 0 Å². The molecule has 3 rings (SSSR count). The molecular weight excluding hydrogens is 342 g/mol. The highest BCUT2D eigenvalue weighted by Crippen LogP contribution is 2.20. The van der Waals surface area contributed by atoms with Crippen molar-refractivity contribution in [2.45, 2.75) is 27.3 Å². The predicted octanol–water partition coefficient (Wildman–Crippen LogP) is 1.35. The molecule has 0 aliphatic carbocycles. The van der Waals surface area contributed by atoms with Crippen molar-refractivity contribution in [1.82, 2.24) is 9.97 Å². The summed E-state index contributed by atoms with van der Waals surface area (Å²) in [7, 11) is 1.72. The van der Waals surface area contributed by atoms with Crippen molar-refractivity contribution in [2.75, 3.05) is 38.8 Å². The van der Waals surface area contributed by atoms with Crippen LogP contribution in [0.4, 0.5) is 5.95 Å². The number of aryl methyl sites for hydroxylation is 2. The molecule has 0 saturated carbocycles. The third-order valence-electron chi connectivity index (χ3n) is 4.64. The molecule has 2 aromatic rings. The summed E-state index contributed by atoms with van der Waals surface area (Å²) >= 11 is 0. The molecule has 0 spiro atoms. The molecule has 2 heterocycles. The lowest BCUT2D eigenvalue weighted by molar-refractivity contribution is -0.921. The number of ether oxygens (including phenoxy) is 2. The quantitative estimate of drug-likeness (QED) is 0.593. The normalized spacial score (nSPS) is 15.6. The number of nitrogens with one attached hydrogen (secondary N) is 2. The SMILES string of the molecule is COc1ccc(/C(C)=N\Nc2nc(C)cc(C)n2)cc1C[NH+]1CCOCC1. The van der Waals surface area contributed by atoms with Crippen LogP contribution < -0.4 is 15.1 Å². The first kappa shape index (κ1) is 19.3. The van der Waals surface area contributed by atoms with Crippen LogP contribution in [-0.4, -0.2) is 49.1 Å². The molecule has 7 heteroatoms. The van der Waals surface area contributed by atoms with Gasteiger partial charge in [0.05, 0.1) is 26.0 Å². The minimum absolute atomic E-state index is 0.512. The van der Waals surface area contributed by atoms with E-state index in [0.717, 1.165) is 61.3 Å². The molecule has 27 heavy (non-hydrogen) atoms. The molecule has 144 valence electrons. The third-order valence-corrected chi connectivity index (χ3v) is 4.64. The Morgan fingerprint density at radius 1 is 1.19 bits per heavy atom. The van der Waals surface area contributed by atoms with Crippen LogP contribution in [0, 0.1) is 13.8 Å². The van der Waals surface area contributed by atoms with Gasteiger partial charge < -0.3 is 14.4 Å². The van der Waals surface area contributed by atoms with Crippen molar-refractivity contribution >= 4 is 11.7 Å². The molecule has 0 atom stereocenters. The van der Waals surface area contributed by atoms with Crippen LogP contribution in [-0.2, 0) is 11.3 Å².